The quantitative estimate of drug-likeness (QED) is 0.835. The maximum atomic E-state index is 11.2. The minimum absolute atomic E-state index is 0.00216. The summed E-state index contributed by atoms with van der Waals surface area (Å²) >= 11 is 0. The normalized spacial score (nSPS) is 13.1. The Labute approximate surface area is 115 Å². The van der Waals surface area contributed by atoms with Crippen LogP contribution in [-0.2, 0) is 14.9 Å². The highest BCUT2D eigenvalue weighted by Crippen LogP contribution is 2.27. The van der Waals surface area contributed by atoms with Gasteiger partial charge in [0.2, 0.25) is 5.25 Å². The first-order valence-electron chi connectivity index (χ1n) is 5.60. The van der Waals surface area contributed by atoms with Gasteiger partial charge in [-0.2, -0.15) is 8.42 Å². The van der Waals surface area contributed by atoms with Crippen molar-refractivity contribution in [2.75, 3.05) is 7.11 Å². The molecule has 0 bridgehead atoms. The molecule has 6 nitrogen and oxygen atoms in total. The highest BCUT2D eigenvalue weighted by Gasteiger charge is 2.32. The van der Waals surface area contributed by atoms with E-state index in [1.165, 1.54) is 19.2 Å². The third-order valence-corrected chi connectivity index (χ3v) is 3.97. The maximum absolute atomic E-state index is 11.2. The van der Waals surface area contributed by atoms with Crippen molar-refractivity contribution in [3.8, 4) is 5.75 Å². The lowest BCUT2D eigenvalue weighted by Gasteiger charge is -2.11. The highest BCUT2D eigenvalue weighted by molar-refractivity contribution is 7.86. The van der Waals surface area contributed by atoms with E-state index in [9.17, 15) is 13.2 Å². The summed E-state index contributed by atoms with van der Waals surface area (Å²) in [6, 6.07) is 9.45. The van der Waals surface area contributed by atoms with Crippen molar-refractivity contribution in [3.63, 3.8) is 0 Å². The highest BCUT2D eigenvalue weighted by atomic mass is 32.2. The molecule has 0 aliphatic rings. The van der Waals surface area contributed by atoms with Gasteiger partial charge in [0.25, 0.3) is 10.1 Å². The third-order valence-electron chi connectivity index (χ3n) is 2.90. The predicted molar refractivity (Wildman–Crippen MR) is 72.4 cm³/mol. The number of fused-ring (bicyclic) bond motifs is 1. The van der Waals surface area contributed by atoms with Gasteiger partial charge in [0.05, 0.1) is 7.11 Å². The standard InChI is InChI=1S/C13H12O6S/c1-19-11-5-4-8-6-10(3-2-9(8)7-11)12(13(14)15)20(16,17)18/h2-7,12H,1H3,(H,14,15)(H,16,17,18). The Kier molecular flexibility index (Phi) is 3.65. The van der Waals surface area contributed by atoms with Crippen molar-refractivity contribution in [2.24, 2.45) is 0 Å². The van der Waals surface area contributed by atoms with Gasteiger partial charge in [0, 0.05) is 0 Å². The fraction of sp³-hybridized carbons (Fsp3) is 0.154. The van der Waals surface area contributed by atoms with Crippen LogP contribution in [0.15, 0.2) is 36.4 Å². The third kappa shape index (κ3) is 2.73. The molecule has 7 heteroatoms. The predicted octanol–water partition coefficient (Wildman–Crippen LogP) is 1.86. The van der Waals surface area contributed by atoms with E-state index in [0.717, 1.165) is 5.39 Å². The monoisotopic (exact) mass is 296 g/mol. The van der Waals surface area contributed by atoms with Crippen LogP contribution in [0.3, 0.4) is 0 Å². The molecule has 0 heterocycles. The van der Waals surface area contributed by atoms with Crippen LogP contribution in [0, 0.1) is 0 Å². The van der Waals surface area contributed by atoms with Crippen LogP contribution in [0.25, 0.3) is 10.8 Å². The topological polar surface area (TPSA) is 101 Å². The number of rotatable bonds is 4. The summed E-state index contributed by atoms with van der Waals surface area (Å²) in [6.07, 6.45) is 0. The molecule has 0 saturated carbocycles. The van der Waals surface area contributed by atoms with Crippen molar-refractivity contribution >= 4 is 26.9 Å². The Bertz CT molecular complexity index is 766. The first-order chi connectivity index (χ1) is 9.32. The maximum Gasteiger partial charge on any atom is 0.329 e. The fourth-order valence-corrected chi connectivity index (χ4v) is 2.72. The Hall–Kier alpha value is -2.12. The molecule has 0 aliphatic heterocycles. The van der Waals surface area contributed by atoms with Crippen LogP contribution < -0.4 is 4.74 Å². The molecule has 0 radical (unpaired) electrons. The summed E-state index contributed by atoms with van der Waals surface area (Å²) < 4.78 is 36.4. The van der Waals surface area contributed by atoms with Gasteiger partial charge in [-0.25, -0.2) is 0 Å². The molecule has 1 atom stereocenters. The molecule has 2 aromatic rings. The van der Waals surface area contributed by atoms with E-state index in [1.54, 1.807) is 24.3 Å². The van der Waals surface area contributed by atoms with Crippen molar-refractivity contribution < 1.29 is 27.6 Å². The Balaban J connectivity index is 2.58. The second kappa shape index (κ2) is 5.10. The molecular formula is C13H12O6S. The molecular weight excluding hydrogens is 284 g/mol. The largest absolute Gasteiger partial charge is 0.497 e. The molecule has 0 fully saturated rings. The van der Waals surface area contributed by atoms with E-state index in [4.69, 9.17) is 14.4 Å². The summed E-state index contributed by atoms with van der Waals surface area (Å²) in [6.45, 7) is 0. The number of hydrogen-bond acceptors (Lipinski definition) is 4. The van der Waals surface area contributed by atoms with Crippen LogP contribution in [0.5, 0.6) is 5.75 Å². The number of methoxy groups -OCH3 is 1. The van der Waals surface area contributed by atoms with Crippen molar-refractivity contribution in [1.29, 1.82) is 0 Å². The molecule has 20 heavy (non-hydrogen) atoms. The average Bonchev–Trinajstić information content (AvgIpc) is 2.36. The molecule has 0 aliphatic carbocycles. The lowest BCUT2D eigenvalue weighted by molar-refractivity contribution is -0.136. The van der Waals surface area contributed by atoms with Crippen molar-refractivity contribution in [2.45, 2.75) is 5.25 Å². The summed E-state index contributed by atoms with van der Waals surface area (Å²) in [4.78, 5) is 11.0. The van der Waals surface area contributed by atoms with E-state index in [1.807, 2.05) is 0 Å². The first kappa shape index (κ1) is 14.3. The molecule has 2 rings (SSSR count). The van der Waals surface area contributed by atoms with Crippen LogP contribution in [0.2, 0.25) is 0 Å². The average molecular weight is 296 g/mol. The zero-order valence-electron chi connectivity index (χ0n) is 10.5. The van der Waals surface area contributed by atoms with Gasteiger partial charge in [-0.1, -0.05) is 18.2 Å². The molecule has 2 N–H and O–H groups in total. The minimum atomic E-state index is -4.72. The van der Waals surface area contributed by atoms with Gasteiger partial charge in [-0.15, -0.1) is 0 Å². The Morgan fingerprint density at radius 1 is 1.15 bits per heavy atom. The number of carbonyl (C=O) groups is 1. The van der Waals surface area contributed by atoms with E-state index in [0.29, 0.717) is 11.1 Å². The Morgan fingerprint density at radius 3 is 2.30 bits per heavy atom. The summed E-state index contributed by atoms with van der Waals surface area (Å²) in [5, 5.41) is 8.39. The van der Waals surface area contributed by atoms with Gasteiger partial charge < -0.3 is 9.84 Å². The number of carboxylic acid groups (broad SMARTS) is 1. The lowest BCUT2D eigenvalue weighted by Crippen LogP contribution is -2.21. The van der Waals surface area contributed by atoms with Crippen molar-refractivity contribution in [3.05, 3.63) is 42.0 Å². The molecule has 106 valence electrons. The minimum Gasteiger partial charge on any atom is -0.497 e. The SMILES string of the molecule is COc1ccc2cc(C(C(=O)O)S(=O)(=O)O)ccc2c1. The van der Waals surface area contributed by atoms with Gasteiger partial charge in [-0.3, -0.25) is 9.35 Å². The van der Waals surface area contributed by atoms with E-state index < -0.39 is 21.3 Å². The summed E-state index contributed by atoms with van der Waals surface area (Å²) in [5.41, 5.74) is -0.00216. The van der Waals surface area contributed by atoms with Crippen LogP contribution in [0.1, 0.15) is 10.8 Å². The second-order valence-corrected chi connectivity index (χ2v) is 5.71. The zero-order chi connectivity index (χ0) is 14.9. The number of aliphatic carboxylic acids is 1. The van der Waals surface area contributed by atoms with Crippen molar-refractivity contribution in [1.82, 2.24) is 0 Å². The molecule has 2 aromatic carbocycles. The van der Waals surface area contributed by atoms with Gasteiger partial charge >= 0.3 is 5.97 Å². The number of hydrogen-bond donors (Lipinski definition) is 2. The lowest BCUT2D eigenvalue weighted by atomic mass is 10.0. The van der Waals surface area contributed by atoms with E-state index in [2.05, 4.69) is 0 Å². The molecule has 0 amide bonds. The summed E-state index contributed by atoms with van der Waals surface area (Å²) in [5.74, 6) is -0.991. The van der Waals surface area contributed by atoms with E-state index in [-0.39, 0.29) is 5.56 Å². The fourth-order valence-electron chi connectivity index (χ4n) is 1.97. The first-order valence-corrected chi connectivity index (χ1v) is 7.10. The molecule has 0 aromatic heterocycles. The van der Waals surface area contributed by atoms with Gasteiger partial charge in [-0.05, 0) is 34.5 Å². The Morgan fingerprint density at radius 2 is 1.75 bits per heavy atom. The zero-order valence-corrected chi connectivity index (χ0v) is 11.3. The van der Waals surface area contributed by atoms with Gasteiger partial charge in [0.1, 0.15) is 5.75 Å². The molecule has 0 spiro atoms. The number of benzene rings is 2. The number of carboxylic acids is 1. The smallest absolute Gasteiger partial charge is 0.329 e. The van der Waals surface area contributed by atoms with Gasteiger partial charge in [0.15, 0.2) is 0 Å². The molecule has 1 unspecified atom stereocenters. The van der Waals surface area contributed by atoms with Crippen LogP contribution in [-0.4, -0.2) is 31.2 Å². The molecule has 0 saturated heterocycles. The van der Waals surface area contributed by atoms with Crippen LogP contribution in [0.4, 0.5) is 0 Å². The van der Waals surface area contributed by atoms with Crippen LogP contribution >= 0.6 is 0 Å². The number of ether oxygens (including phenoxy) is 1. The van der Waals surface area contributed by atoms with E-state index >= 15 is 0 Å². The second-order valence-electron chi connectivity index (χ2n) is 4.21. The summed E-state index contributed by atoms with van der Waals surface area (Å²) in [7, 11) is -3.20.